The third-order valence-corrected chi connectivity index (χ3v) is 3.51. The van der Waals surface area contributed by atoms with Crippen molar-refractivity contribution in [2.75, 3.05) is 19.6 Å². The zero-order valence-corrected chi connectivity index (χ0v) is 10.6. The Kier molecular flexibility index (Phi) is 3.79. The van der Waals surface area contributed by atoms with E-state index in [1.807, 2.05) is 13.2 Å². The molecule has 0 aromatic carbocycles. The summed E-state index contributed by atoms with van der Waals surface area (Å²) in [6, 6.07) is 0. The van der Waals surface area contributed by atoms with Crippen LogP contribution >= 0.6 is 0 Å². The average molecular weight is 268 g/mol. The Labute approximate surface area is 109 Å². The van der Waals surface area contributed by atoms with Gasteiger partial charge in [-0.3, -0.25) is 0 Å². The molecule has 3 rings (SSSR count). The first-order valence-electron chi connectivity index (χ1n) is 6.02. The van der Waals surface area contributed by atoms with Gasteiger partial charge in [-0.15, -0.1) is 0 Å². The lowest BCUT2D eigenvalue weighted by Crippen LogP contribution is -2.22. The fraction of sp³-hybridized carbons (Fsp3) is 0.636. The Morgan fingerprint density at radius 3 is 2.37 bits per heavy atom. The van der Waals surface area contributed by atoms with Crippen LogP contribution in [0.15, 0.2) is 6.20 Å². The first-order chi connectivity index (χ1) is 8.97. The minimum absolute atomic E-state index is 0.655. The van der Waals surface area contributed by atoms with E-state index in [0.717, 1.165) is 5.92 Å². The summed E-state index contributed by atoms with van der Waals surface area (Å²) >= 11 is 0. The third kappa shape index (κ3) is 3.08. The van der Waals surface area contributed by atoms with Crippen LogP contribution in [0.25, 0.3) is 0 Å². The molecular weight excluding hydrogens is 252 g/mol. The van der Waals surface area contributed by atoms with E-state index >= 15 is 0 Å². The number of piperidine rings is 1. The van der Waals surface area contributed by atoms with Crippen LogP contribution in [0.2, 0.25) is 0 Å². The van der Waals surface area contributed by atoms with Crippen LogP contribution < -0.4 is 0 Å². The summed E-state index contributed by atoms with van der Waals surface area (Å²) in [5.74, 6) is -2.15. The van der Waals surface area contributed by atoms with Crippen LogP contribution in [0.4, 0.5) is 0 Å². The molecule has 2 aliphatic rings. The topological polar surface area (TPSA) is 109 Å². The highest BCUT2D eigenvalue weighted by molar-refractivity contribution is 6.27. The van der Waals surface area contributed by atoms with Crippen molar-refractivity contribution < 1.29 is 19.8 Å². The minimum atomic E-state index is -1.82. The summed E-state index contributed by atoms with van der Waals surface area (Å²) in [7, 11) is 1.89. The second kappa shape index (κ2) is 5.35. The number of aromatic nitrogens is 3. The Balaban J connectivity index is 0.000000192. The van der Waals surface area contributed by atoms with Gasteiger partial charge in [-0.1, -0.05) is 0 Å². The van der Waals surface area contributed by atoms with E-state index in [0.29, 0.717) is 5.92 Å². The number of nitrogens with zero attached hydrogens (tertiary/aromatic N) is 4. The predicted octanol–water partition coefficient (Wildman–Crippen LogP) is -0.610. The van der Waals surface area contributed by atoms with Gasteiger partial charge >= 0.3 is 11.9 Å². The zero-order chi connectivity index (χ0) is 14.0. The molecule has 19 heavy (non-hydrogen) atoms. The van der Waals surface area contributed by atoms with Gasteiger partial charge in [0.15, 0.2) is 0 Å². The molecule has 0 aliphatic carbocycles. The van der Waals surface area contributed by atoms with Gasteiger partial charge in [0.2, 0.25) is 0 Å². The second-order valence-corrected chi connectivity index (χ2v) is 4.78. The third-order valence-electron chi connectivity index (χ3n) is 3.51. The fourth-order valence-corrected chi connectivity index (χ4v) is 2.65. The number of carbonyl (C=O) groups is 2. The highest BCUT2D eigenvalue weighted by Crippen LogP contribution is 2.38. The fourth-order valence-electron chi connectivity index (χ4n) is 2.65. The Bertz CT molecular complexity index is 475. The van der Waals surface area contributed by atoms with Crippen molar-refractivity contribution >= 4 is 11.9 Å². The van der Waals surface area contributed by atoms with Crippen LogP contribution in [0.3, 0.4) is 0 Å². The van der Waals surface area contributed by atoms with Gasteiger partial charge in [0.05, 0.1) is 11.9 Å². The smallest absolute Gasteiger partial charge is 0.414 e. The molecule has 2 saturated heterocycles. The van der Waals surface area contributed by atoms with Gasteiger partial charge in [-0.2, -0.15) is 15.0 Å². The Morgan fingerprint density at radius 2 is 2.00 bits per heavy atom. The van der Waals surface area contributed by atoms with Crippen LogP contribution in [0.1, 0.15) is 18.0 Å². The lowest BCUT2D eigenvalue weighted by Gasteiger charge is -2.19. The molecule has 1 aromatic heterocycles. The van der Waals surface area contributed by atoms with Crippen LogP contribution in [-0.2, 0) is 16.6 Å². The van der Waals surface area contributed by atoms with Crippen LogP contribution in [0, 0.1) is 5.92 Å². The van der Waals surface area contributed by atoms with Gasteiger partial charge in [0.1, 0.15) is 0 Å². The molecule has 2 bridgehead atoms. The van der Waals surface area contributed by atoms with Crippen LogP contribution in [0.5, 0.6) is 0 Å². The van der Waals surface area contributed by atoms with Gasteiger partial charge in [0.25, 0.3) is 0 Å². The van der Waals surface area contributed by atoms with Crippen molar-refractivity contribution in [2.24, 2.45) is 13.0 Å². The number of rotatable bonds is 1. The molecule has 3 heterocycles. The van der Waals surface area contributed by atoms with Crippen molar-refractivity contribution in [3.63, 3.8) is 0 Å². The van der Waals surface area contributed by atoms with Crippen molar-refractivity contribution in [1.29, 1.82) is 0 Å². The van der Waals surface area contributed by atoms with Gasteiger partial charge in [-0.05, 0) is 18.9 Å². The molecule has 2 fully saturated rings. The summed E-state index contributed by atoms with van der Waals surface area (Å²) in [5.41, 5.74) is 1.19. The monoisotopic (exact) mass is 268 g/mol. The molecule has 3 atom stereocenters. The molecule has 8 heteroatoms. The van der Waals surface area contributed by atoms with E-state index in [9.17, 15) is 0 Å². The average Bonchev–Trinajstić information content (AvgIpc) is 3.04. The van der Waals surface area contributed by atoms with E-state index in [1.54, 1.807) is 4.80 Å². The molecule has 8 nitrogen and oxygen atoms in total. The predicted molar refractivity (Wildman–Crippen MR) is 63.6 cm³/mol. The Hall–Kier alpha value is -1.96. The molecule has 3 unspecified atom stereocenters. The first-order valence-corrected chi connectivity index (χ1v) is 6.02. The largest absolute Gasteiger partial charge is 0.473 e. The summed E-state index contributed by atoms with van der Waals surface area (Å²) in [6.07, 6.45) is 3.27. The highest BCUT2D eigenvalue weighted by Gasteiger charge is 2.39. The van der Waals surface area contributed by atoms with Gasteiger partial charge in [0, 0.05) is 26.1 Å². The lowest BCUT2D eigenvalue weighted by molar-refractivity contribution is -0.159. The molecule has 0 amide bonds. The number of hydrogen-bond donors (Lipinski definition) is 2. The number of hydrogen-bond acceptors (Lipinski definition) is 5. The number of carboxylic acids is 2. The quantitative estimate of drug-likeness (QED) is 0.654. The summed E-state index contributed by atoms with van der Waals surface area (Å²) in [5, 5.41) is 23.3. The van der Waals surface area contributed by atoms with Gasteiger partial charge in [-0.25, -0.2) is 9.59 Å². The minimum Gasteiger partial charge on any atom is -0.473 e. The second-order valence-electron chi connectivity index (χ2n) is 4.78. The molecule has 2 aliphatic heterocycles. The van der Waals surface area contributed by atoms with Crippen molar-refractivity contribution in [3.05, 3.63) is 11.9 Å². The first kappa shape index (κ1) is 13.5. The molecule has 0 saturated carbocycles. The summed E-state index contributed by atoms with van der Waals surface area (Å²) < 4.78 is 0. The zero-order valence-electron chi connectivity index (χ0n) is 10.6. The summed E-state index contributed by atoms with van der Waals surface area (Å²) in [4.78, 5) is 22.4. The maximum atomic E-state index is 9.10. The SMILES string of the molecule is Cn1ncc(C2CN3CCC2C3)n1.O=C(O)C(=O)O. The lowest BCUT2D eigenvalue weighted by atomic mass is 9.90. The van der Waals surface area contributed by atoms with E-state index in [1.165, 1.54) is 31.7 Å². The number of carboxylic acid groups (broad SMARTS) is 2. The van der Waals surface area contributed by atoms with Crippen molar-refractivity contribution in [1.82, 2.24) is 19.9 Å². The van der Waals surface area contributed by atoms with E-state index in [2.05, 4.69) is 15.1 Å². The van der Waals surface area contributed by atoms with E-state index < -0.39 is 11.9 Å². The maximum Gasteiger partial charge on any atom is 0.414 e. The van der Waals surface area contributed by atoms with E-state index in [4.69, 9.17) is 19.8 Å². The normalized spacial score (nSPS) is 27.7. The standard InChI is InChI=1S/C9H14N4.C2H2O4/c1-12-10-4-9(11-12)8-6-13-3-2-7(8)5-13;3-1(4)2(5)6/h4,7-8H,2-3,5-6H2,1H3;(H,3,4)(H,5,6). The molecular formula is C11H16N4O4. The maximum absolute atomic E-state index is 9.10. The van der Waals surface area contributed by atoms with Crippen molar-refractivity contribution in [3.8, 4) is 0 Å². The highest BCUT2D eigenvalue weighted by atomic mass is 16.4. The number of aryl methyl sites for hydroxylation is 1. The van der Waals surface area contributed by atoms with Gasteiger partial charge < -0.3 is 15.1 Å². The number of aliphatic carboxylic acids is 2. The van der Waals surface area contributed by atoms with Crippen LogP contribution in [-0.4, -0.2) is 61.7 Å². The number of fused-ring (bicyclic) bond motifs is 2. The van der Waals surface area contributed by atoms with E-state index in [-0.39, 0.29) is 0 Å². The molecule has 1 aromatic rings. The molecule has 0 spiro atoms. The molecule has 2 N–H and O–H groups in total. The molecule has 104 valence electrons. The summed E-state index contributed by atoms with van der Waals surface area (Å²) in [6.45, 7) is 3.77. The molecule has 0 radical (unpaired) electrons. The Morgan fingerprint density at radius 1 is 1.32 bits per heavy atom. The van der Waals surface area contributed by atoms with Crippen molar-refractivity contribution in [2.45, 2.75) is 12.3 Å².